The molecule has 3 rings (SSSR count). The predicted octanol–water partition coefficient (Wildman–Crippen LogP) is 4.42. The molecule has 0 amide bonds. The third kappa shape index (κ3) is 4.72. The summed E-state index contributed by atoms with van der Waals surface area (Å²) in [4.78, 5) is 9.74. The topological polar surface area (TPSA) is 34.5 Å². The van der Waals surface area contributed by atoms with E-state index in [1.165, 1.54) is 23.9 Å². The first kappa shape index (κ1) is 15.4. The molecular formula is C18H15FN2OS. The molecule has 1 heterocycles. The Hall–Kier alpha value is -2.53. The van der Waals surface area contributed by atoms with Crippen LogP contribution in [0.3, 0.4) is 0 Å². The molecule has 23 heavy (non-hydrogen) atoms. The van der Waals surface area contributed by atoms with Gasteiger partial charge in [-0.2, -0.15) is 0 Å². The van der Waals surface area contributed by atoms with Crippen molar-refractivity contribution in [3.8, 4) is 0 Å². The van der Waals surface area contributed by atoms with Crippen molar-refractivity contribution >= 4 is 17.6 Å². The standard InChI is InChI=1S/C18H15FN2OS/c19-16-8-4-7-15(9-16)11-20-22-12-17-13-23-18(21-17)10-14-5-2-1-3-6-14/h1-9,11,13H,10,12H2/b20-11+. The highest BCUT2D eigenvalue weighted by Gasteiger charge is 2.03. The maximum Gasteiger partial charge on any atom is 0.159 e. The Labute approximate surface area is 138 Å². The summed E-state index contributed by atoms with van der Waals surface area (Å²) in [5.74, 6) is -0.293. The van der Waals surface area contributed by atoms with Gasteiger partial charge in [-0.15, -0.1) is 11.3 Å². The minimum atomic E-state index is -0.293. The summed E-state index contributed by atoms with van der Waals surface area (Å²) in [6.45, 7) is 0.303. The molecule has 0 radical (unpaired) electrons. The SMILES string of the molecule is Fc1cccc(/C=N/OCc2csc(Cc3ccccc3)n2)c1. The van der Waals surface area contributed by atoms with Crippen LogP contribution in [0, 0.1) is 5.82 Å². The van der Waals surface area contributed by atoms with Crippen molar-refractivity contribution in [1.29, 1.82) is 0 Å². The normalized spacial score (nSPS) is 11.0. The van der Waals surface area contributed by atoms with Crippen molar-refractivity contribution in [2.75, 3.05) is 0 Å². The van der Waals surface area contributed by atoms with Crippen LogP contribution in [0.5, 0.6) is 0 Å². The van der Waals surface area contributed by atoms with Gasteiger partial charge in [0.15, 0.2) is 6.61 Å². The summed E-state index contributed by atoms with van der Waals surface area (Å²) in [7, 11) is 0. The van der Waals surface area contributed by atoms with Crippen LogP contribution in [0.2, 0.25) is 0 Å². The third-order valence-corrected chi connectivity index (χ3v) is 4.03. The molecule has 0 unspecified atom stereocenters. The number of thiazole rings is 1. The number of hydrogen-bond acceptors (Lipinski definition) is 4. The van der Waals surface area contributed by atoms with Crippen molar-refractivity contribution < 1.29 is 9.23 Å². The van der Waals surface area contributed by atoms with E-state index < -0.39 is 0 Å². The Bertz CT molecular complexity index is 786. The first-order valence-corrected chi connectivity index (χ1v) is 8.06. The molecule has 2 aromatic carbocycles. The maximum atomic E-state index is 13.0. The highest BCUT2D eigenvalue weighted by atomic mass is 32.1. The van der Waals surface area contributed by atoms with E-state index >= 15 is 0 Å². The molecule has 0 aliphatic carbocycles. The van der Waals surface area contributed by atoms with Crippen molar-refractivity contribution in [2.24, 2.45) is 5.16 Å². The van der Waals surface area contributed by atoms with Crippen LogP contribution in [-0.2, 0) is 17.9 Å². The molecule has 0 atom stereocenters. The monoisotopic (exact) mass is 326 g/mol. The van der Waals surface area contributed by atoms with Gasteiger partial charge in [-0.25, -0.2) is 9.37 Å². The zero-order valence-corrected chi connectivity index (χ0v) is 13.2. The highest BCUT2D eigenvalue weighted by molar-refractivity contribution is 7.09. The molecule has 0 saturated heterocycles. The number of aromatic nitrogens is 1. The molecule has 0 fully saturated rings. The van der Waals surface area contributed by atoms with Crippen molar-refractivity contribution in [3.05, 3.63) is 87.6 Å². The van der Waals surface area contributed by atoms with Gasteiger partial charge >= 0.3 is 0 Å². The van der Waals surface area contributed by atoms with Crippen LogP contribution in [0.25, 0.3) is 0 Å². The Balaban J connectivity index is 1.51. The molecule has 5 heteroatoms. The van der Waals surface area contributed by atoms with Crippen LogP contribution in [-0.4, -0.2) is 11.2 Å². The molecule has 0 N–H and O–H groups in total. The van der Waals surface area contributed by atoms with Crippen molar-refractivity contribution in [2.45, 2.75) is 13.0 Å². The Morgan fingerprint density at radius 2 is 2.00 bits per heavy atom. The average Bonchev–Trinajstić information content (AvgIpc) is 3.00. The van der Waals surface area contributed by atoms with Crippen molar-refractivity contribution in [1.82, 2.24) is 4.98 Å². The van der Waals surface area contributed by atoms with Gasteiger partial charge in [-0.3, -0.25) is 0 Å². The van der Waals surface area contributed by atoms with Gasteiger partial charge in [0.25, 0.3) is 0 Å². The summed E-state index contributed by atoms with van der Waals surface area (Å²) in [5.41, 5.74) is 2.74. The first-order chi connectivity index (χ1) is 11.3. The van der Waals surface area contributed by atoms with Gasteiger partial charge in [0, 0.05) is 11.8 Å². The lowest BCUT2D eigenvalue weighted by molar-refractivity contribution is 0.129. The number of rotatable bonds is 6. The largest absolute Gasteiger partial charge is 0.389 e. The zero-order chi connectivity index (χ0) is 15.9. The molecule has 3 nitrogen and oxygen atoms in total. The van der Waals surface area contributed by atoms with Crippen molar-refractivity contribution in [3.63, 3.8) is 0 Å². The molecular weight excluding hydrogens is 311 g/mol. The lowest BCUT2D eigenvalue weighted by Crippen LogP contribution is -1.91. The Morgan fingerprint density at radius 1 is 1.13 bits per heavy atom. The average molecular weight is 326 g/mol. The lowest BCUT2D eigenvalue weighted by atomic mass is 10.2. The summed E-state index contributed by atoms with van der Waals surface area (Å²) < 4.78 is 13.0. The number of halogens is 1. The molecule has 116 valence electrons. The maximum absolute atomic E-state index is 13.0. The fraction of sp³-hybridized carbons (Fsp3) is 0.111. The number of benzene rings is 2. The van der Waals surface area contributed by atoms with Crippen LogP contribution in [0.4, 0.5) is 4.39 Å². The minimum absolute atomic E-state index is 0.293. The van der Waals surface area contributed by atoms with Crippen LogP contribution < -0.4 is 0 Å². The molecule has 0 aliphatic heterocycles. The zero-order valence-electron chi connectivity index (χ0n) is 12.4. The fourth-order valence-corrected chi connectivity index (χ4v) is 2.87. The minimum Gasteiger partial charge on any atom is -0.389 e. The van der Waals surface area contributed by atoms with E-state index in [9.17, 15) is 4.39 Å². The lowest BCUT2D eigenvalue weighted by Gasteiger charge is -1.97. The van der Waals surface area contributed by atoms with Gasteiger partial charge in [0.05, 0.1) is 16.9 Å². The molecule has 0 saturated carbocycles. The van der Waals surface area contributed by atoms with Crippen LogP contribution in [0.1, 0.15) is 21.8 Å². The summed E-state index contributed by atoms with van der Waals surface area (Å²) in [5, 5.41) is 6.86. The molecule has 0 aliphatic rings. The number of hydrogen-bond donors (Lipinski definition) is 0. The fourth-order valence-electron chi connectivity index (χ4n) is 2.06. The second-order valence-electron chi connectivity index (χ2n) is 4.96. The van der Waals surface area contributed by atoms with E-state index in [4.69, 9.17) is 4.84 Å². The van der Waals surface area contributed by atoms with Gasteiger partial charge < -0.3 is 4.84 Å². The summed E-state index contributed by atoms with van der Waals surface area (Å²) in [6.07, 6.45) is 2.30. The third-order valence-electron chi connectivity index (χ3n) is 3.13. The van der Waals surface area contributed by atoms with E-state index in [-0.39, 0.29) is 5.82 Å². The molecule has 1 aromatic heterocycles. The Morgan fingerprint density at radius 3 is 2.83 bits per heavy atom. The van der Waals surface area contributed by atoms with Gasteiger partial charge in [0.2, 0.25) is 0 Å². The van der Waals surface area contributed by atoms with E-state index in [2.05, 4.69) is 22.3 Å². The Kier molecular flexibility index (Phi) is 5.11. The van der Waals surface area contributed by atoms with Crippen LogP contribution >= 0.6 is 11.3 Å². The summed E-state index contributed by atoms with van der Waals surface area (Å²) in [6, 6.07) is 16.4. The second-order valence-corrected chi connectivity index (χ2v) is 5.90. The number of nitrogens with zero attached hydrogens (tertiary/aromatic N) is 2. The van der Waals surface area contributed by atoms with E-state index in [0.29, 0.717) is 12.2 Å². The molecule has 3 aromatic rings. The smallest absolute Gasteiger partial charge is 0.159 e. The molecule has 0 bridgehead atoms. The van der Waals surface area contributed by atoms with E-state index in [0.717, 1.165) is 17.1 Å². The van der Waals surface area contributed by atoms with Crippen LogP contribution in [0.15, 0.2) is 65.1 Å². The first-order valence-electron chi connectivity index (χ1n) is 7.18. The summed E-state index contributed by atoms with van der Waals surface area (Å²) >= 11 is 1.61. The van der Waals surface area contributed by atoms with Gasteiger partial charge in [-0.1, -0.05) is 47.6 Å². The highest BCUT2D eigenvalue weighted by Crippen LogP contribution is 2.15. The van der Waals surface area contributed by atoms with E-state index in [1.54, 1.807) is 23.5 Å². The number of oxime groups is 1. The quantitative estimate of drug-likeness (QED) is 0.496. The predicted molar refractivity (Wildman–Crippen MR) is 90.1 cm³/mol. The second kappa shape index (κ2) is 7.65. The molecule has 0 spiro atoms. The van der Waals surface area contributed by atoms with Gasteiger partial charge in [0.1, 0.15) is 5.82 Å². The van der Waals surface area contributed by atoms with E-state index in [1.807, 2.05) is 23.6 Å². The van der Waals surface area contributed by atoms with Gasteiger partial charge in [-0.05, 0) is 23.3 Å².